The highest BCUT2D eigenvalue weighted by Gasteiger charge is 2.40. The molecule has 0 aromatic carbocycles. The van der Waals surface area contributed by atoms with Gasteiger partial charge in [-0.1, -0.05) is 0 Å². The first-order valence-electron chi connectivity index (χ1n) is 7.35. The molecule has 2 nitrogen and oxygen atoms in total. The zero-order valence-electron chi connectivity index (χ0n) is 10.4. The third-order valence-corrected chi connectivity index (χ3v) is 4.73. The van der Waals surface area contributed by atoms with E-state index in [-0.39, 0.29) is 0 Å². The molecule has 0 aromatic rings. The van der Waals surface area contributed by atoms with Crippen LogP contribution in [0.1, 0.15) is 38.5 Å². The Morgan fingerprint density at radius 2 is 1.81 bits per heavy atom. The van der Waals surface area contributed by atoms with Crippen molar-refractivity contribution in [2.45, 2.75) is 38.5 Å². The van der Waals surface area contributed by atoms with E-state index in [4.69, 9.17) is 0 Å². The first kappa shape index (κ1) is 11.0. The molecule has 2 heteroatoms. The summed E-state index contributed by atoms with van der Waals surface area (Å²) < 4.78 is 0. The molecule has 0 spiro atoms. The molecule has 3 fully saturated rings. The molecule has 1 atom stereocenters. The molecule has 1 aliphatic heterocycles. The summed E-state index contributed by atoms with van der Waals surface area (Å²) in [5.41, 5.74) is 0. The van der Waals surface area contributed by atoms with Gasteiger partial charge in [0.1, 0.15) is 0 Å². The largest absolute Gasteiger partial charge is 0.316 e. The molecule has 0 aromatic heterocycles. The zero-order valence-corrected chi connectivity index (χ0v) is 10.4. The van der Waals surface area contributed by atoms with Crippen LogP contribution in [0.25, 0.3) is 0 Å². The molecule has 2 N–H and O–H groups in total. The van der Waals surface area contributed by atoms with E-state index in [0.29, 0.717) is 0 Å². The molecule has 16 heavy (non-hydrogen) atoms. The summed E-state index contributed by atoms with van der Waals surface area (Å²) in [5, 5.41) is 7.18. The minimum absolute atomic E-state index is 0.952. The van der Waals surface area contributed by atoms with E-state index in [1.54, 1.807) is 0 Å². The van der Waals surface area contributed by atoms with Gasteiger partial charge in [0.2, 0.25) is 0 Å². The van der Waals surface area contributed by atoms with Gasteiger partial charge in [0.15, 0.2) is 0 Å². The molecule has 2 aliphatic carbocycles. The normalized spacial score (nSPS) is 30.2. The topological polar surface area (TPSA) is 24.1 Å². The van der Waals surface area contributed by atoms with Crippen LogP contribution in [0.4, 0.5) is 0 Å². The van der Waals surface area contributed by atoms with E-state index in [9.17, 15) is 0 Å². The average Bonchev–Trinajstić information content (AvgIpc) is 3.20. The van der Waals surface area contributed by atoms with Crippen LogP contribution in [0, 0.1) is 23.7 Å². The Kier molecular flexibility index (Phi) is 3.49. The Balaban J connectivity index is 1.29. The van der Waals surface area contributed by atoms with E-state index in [1.807, 2.05) is 0 Å². The molecule has 1 unspecified atom stereocenters. The smallest absolute Gasteiger partial charge is 0.00152 e. The fourth-order valence-corrected chi connectivity index (χ4v) is 3.30. The van der Waals surface area contributed by atoms with Gasteiger partial charge in [-0.25, -0.2) is 0 Å². The van der Waals surface area contributed by atoms with E-state index in [2.05, 4.69) is 10.6 Å². The minimum Gasteiger partial charge on any atom is -0.316 e. The molecule has 2 saturated carbocycles. The maximum atomic E-state index is 3.73. The molecule has 92 valence electrons. The van der Waals surface area contributed by atoms with Gasteiger partial charge in [-0.15, -0.1) is 0 Å². The van der Waals surface area contributed by atoms with E-state index >= 15 is 0 Å². The predicted molar refractivity (Wildman–Crippen MR) is 67.4 cm³/mol. The zero-order chi connectivity index (χ0) is 10.8. The van der Waals surface area contributed by atoms with Gasteiger partial charge in [-0.3, -0.25) is 0 Å². The van der Waals surface area contributed by atoms with Crippen molar-refractivity contribution < 1.29 is 0 Å². The maximum Gasteiger partial charge on any atom is -0.00152 e. The molecule has 1 heterocycles. The van der Waals surface area contributed by atoms with Gasteiger partial charge in [-0.2, -0.15) is 0 Å². The average molecular weight is 222 g/mol. The van der Waals surface area contributed by atoms with Gasteiger partial charge >= 0.3 is 0 Å². The fraction of sp³-hybridized carbons (Fsp3) is 1.00. The predicted octanol–water partition coefficient (Wildman–Crippen LogP) is 2.01. The summed E-state index contributed by atoms with van der Waals surface area (Å²) in [4.78, 5) is 0. The lowest BCUT2D eigenvalue weighted by atomic mass is 9.97. The highest BCUT2D eigenvalue weighted by atomic mass is 14.9. The fourth-order valence-electron chi connectivity index (χ4n) is 3.30. The van der Waals surface area contributed by atoms with Crippen LogP contribution in [0.3, 0.4) is 0 Å². The lowest BCUT2D eigenvalue weighted by molar-refractivity contribution is 0.370. The van der Waals surface area contributed by atoms with Gasteiger partial charge in [0, 0.05) is 0 Å². The van der Waals surface area contributed by atoms with Crippen molar-refractivity contribution in [3.05, 3.63) is 0 Å². The number of hydrogen-bond acceptors (Lipinski definition) is 2. The SMILES string of the molecule is C1CC(CCNCC(C2CC2)C2CC2)CN1. The molecular weight excluding hydrogens is 196 g/mol. The highest BCUT2D eigenvalue weighted by Crippen LogP contribution is 2.48. The van der Waals surface area contributed by atoms with Crippen LogP contribution in [-0.4, -0.2) is 26.2 Å². The number of nitrogens with one attached hydrogen (secondary N) is 2. The third-order valence-electron chi connectivity index (χ3n) is 4.73. The summed E-state index contributed by atoms with van der Waals surface area (Å²) in [7, 11) is 0. The van der Waals surface area contributed by atoms with Gasteiger partial charge in [-0.05, 0) is 88.4 Å². The van der Waals surface area contributed by atoms with Crippen LogP contribution >= 0.6 is 0 Å². The van der Waals surface area contributed by atoms with Crippen molar-refractivity contribution in [3.63, 3.8) is 0 Å². The molecule has 0 radical (unpaired) electrons. The van der Waals surface area contributed by atoms with Crippen LogP contribution in [0.15, 0.2) is 0 Å². The lowest BCUT2D eigenvalue weighted by Crippen LogP contribution is -2.27. The Hall–Kier alpha value is -0.0800. The molecule has 0 amide bonds. The van der Waals surface area contributed by atoms with Gasteiger partial charge in [0.25, 0.3) is 0 Å². The highest BCUT2D eigenvalue weighted by molar-refractivity contribution is 4.92. The molecule has 1 saturated heterocycles. The lowest BCUT2D eigenvalue weighted by Gasteiger charge is -2.17. The van der Waals surface area contributed by atoms with Crippen molar-refractivity contribution in [2.75, 3.05) is 26.2 Å². The first-order chi connectivity index (χ1) is 7.93. The van der Waals surface area contributed by atoms with Crippen molar-refractivity contribution in [1.29, 1.82) is 0 Å². The summed E-state index contributed by atoms with van der Waals surface area (Å²) in [5.74, 6) is 4.20. The maximum absolute atomic E-state index is 3.73. The Bertz CT molecular complexity index is 203. The van der Waals surface area contributed by atoms with Crippen LogP contribution in [0.5, 0.6) is 0 Å². The van der Waals surface area contributed by atoms with Gasteiger partial charge < -0.3 is 10.6 Å². The van der Waals surface area contributed by atoms with E-state index in [1.165, 1.54) is 64.7 Å². The molecule has 3 rings (SSSR count). The third kappa shape index (κ3) is 2.98. The van der Waals surface area contributed by atoms with Crippen molar-refractivity contribution in [2.24, 2.45) is 23.7 Å². The second kappa shape index (κ2) is 5.05. The number of hydrogen-bond donors (Lipinski definition) is 2. The molecule has 0 bridgehead atoms. The van der Waals surface area contributed by atoms with Crippen molar-refractivity contribution in [3.8, 4) is 0 Å². The van der Waals surface area contributed by atoms with E-state index in [0.717, 1.165) is 23.7 Å². The quantitative estimate of drug-likeness (QED) is 0.644. The Labute approximate surface area is 99.6 Å². The first-order valence-corrected chi connectivity index (χ1v) is 7.35. The summed E-state index contributed by atoms with van der Waals surface area (Å²) in [6.07, 6.45) is 8.88. The van der Waals surface area contributed by atoms with Crippen LogP contribution in [-0.2, 0) is 0 Å². The number of rotatable bonds is 7. The summed E-state index contributed by atoms with van der Waals surface area (Å²) in [6.45, 7) is 5.07. The minimum atomic E-state index is 0.952. The second-order valence-corrected chi connectivity index (χ2v) is 6.19. The monoisotopic (exact) mass is 222 g/mol. The molecular formula is C14H26N2. The van der Waals surface area contributed by atoms with Gasteiger partial charge in [0.05, 0.1) is 0 Å². The summed E-state index contributed by atoms with van der Waals surface area (Å²) in [6, 6.07) is 0. The van der Waals surface area contributed by atoms with Crippen molar-refractivity contribution >= 4 is 0 Å². The Morgan fingerprint density at radius 1 is 1.06 bits per heavy atom. The van der Waals surface area contributed by atoms with Crippen molar-refractivity contribution in [1.82, 2.24) is 10.6 Å². The Morgan fingerprint density at radius 3 is 2.38 bits per heavy atom. The van der Waals surface area contributed by atoms with Crippen LogP contribution < -0.4 is 10.6 Å². The standard InChI is InChI=1S/C14H26N2/c1-2-12(1)14(13-3-4-13)10-16-8-6-11-5-7-15-9-11/h11-16H,1-10H2. The molecule has 3 aliphatic rings. The van der Waals surface area contributed by atoms with E-state index < -0.39 is 0 Å². The second-order valence-electron chi connectivity index (χ2n) is 6.19. The van der Waals surface area contributed by atoms with Crippen LogP contribution in [0.2, 0.25) is 0 Å². The summed E-state index contributed by atoms with van der Waals surface area (Å²) >= 11 is 0.